The quantitative estimate of drug-likeness (QED) is 0.286. The van der Waals surface area contributed by atoms with Gasteiger partial charge in [0.25, 0.3) is 0 Å². The molecule has 186 valence electrons. The lowest BCUT2D eigenvalue weighted by Crippen LogP contribution is -2.23. The van der Waals surface area contributed by atoms with Crippen molar-refractivity contribution < 1.29 is 14.3 Å². The molecule has 0 atom stereocenters. The summed E-state index contributed by atoms with van der Waals surface area (Å²) in [7, 11) is 3.28. The average molecular weight is 503 g/mol. The molecule has 0 saturated heterocycles. The Morgan fingerprint density at radius 1 is 0.917 bits per heavy atom. The fourth-order valence-corrected chi connectivity index (χ4v) is 4.69. The smallest absolute Gasteiger partial charge is 0.220 e. The van der Waals surface area contributed by atoms with Crippen LogP contribution in [0.2, 0.25) is 0 Å². The van der Waals surface area contributed by atoms with Crippen molar-refractivity contribution in [2.45, 2.75) is 37.2 Å². The summed E-state index contributed by atoms with van der Waals surface area (Å²) >= 11 is 1.62. The van der Waals surface area contributed by atoms with Crippen LogP contribution in [0.3, 0.4) is 0 Å². The Labute approximate surface area is 215 Å². The lowest BCUT2D eigenvalue weighted by molar-refractivity contribution is -0.121. The Hall–Kier alpha value is -3.78. The zero-order chi connectivity index (χ0) is 25.3. The number of carbonyl (C=O) groups is 1. The Bertz CT molecular complexity index is 1300. The largest absolute Gasteiger partial charge is 0.497 e. The van der Waals surface area contributed by atoms with Crippen molar-refractivity contribution in [2.24, 2.45) is 0 Å². The molecule has 0 saturated carbocycles. The van der Waals surface area contributed by atoms with Gasteiger partial charge in [-0.15, -0.1) is 10.2 Å². The third-order valence-corrected chi connectivity index (χ3v) is 6.69. The Balaban J connectivity index is 1.46. The van der Waals surface area contributed by atoms with Crippen LogP contribution >= 0.6 is 11.8 Å². The van der Waals surface area contributed by atoms with Crippen LogP contribution in [-0.2, 0) is 23.5 Å². The predicted octanol–water partition coefficient (Wildman–Crippen LogP) is 5.13. The molecule has 3 aromatic carbocycles. The normalized spacial score (nSPS) is 10.8. The lowest BCUT2D eigenvalue weighted by Gasteiger charge is -2.12. The maximum atomic E-state index is 12.6. The number of ether oxygens (including phenoxy) is 2. The van der Waals surface area contributed by atoms with Gasteiger partial charge in [0.2, 0.25) is 5.91 Å². The molecule has 0 unspecified atom stereocenters. The number of methoxy groups -OCH3 is 2. The van der Waals surface area contributed by atoms with Gasteiger partial charge < -0.3 is 14.8 Å². The van der Waals surface area contributed by atoms with Gasteiger partial charge in [0.1, 0.15) is 17.3 Å². The zero-order valence-corrected chi connectivity index (χ0v) is 21.5. The van der Waals surface area contributed by atoms with Gasteiger partial charge in [0, 0.05) is 31.2 Å². The van der Waals surface area contributed by atoms with Crippen LogP contribution in [0.1, 0.15) is 28.9 Å². The van der Waals surface area contributed by atoms with Gasteiger partial charge in [-0.3, -0.25) is 9.36 Å². The standard InChI is InChI=1S/C28H30N4O3S/c1-20-6-4-7-22(16-20)19-36-28-31-30-26(32(28)23-8-5-9-25(17-23)35-3)14-15-27(33)29-18-21-10-12-24(34-2)13-11-21/h4-13,16-17H,14-15,18-19H2,1-3H3,(H,29,33). The van der Waals surface area contributed by atoms with Crippen molar-refractivity contribution >= 4 is 17.7 Å². The summed E-state index contributed by atoms with van der Waals surface area (Å²) < 4.78 is 12.6. The second-order valence-electron chi connectivity index (χ2n) is 8.34. The summed E-state index contributed by atoms with van der Waals surface area (Å²) in [6.45, 7) is 2.55. The van der Waals surface area contributed by atoms with Crippen molar-refractivity contribution in [3.05, 3.63) is 95.3 Å². The first-order chi connectivity index (χ1) is 17.6. The molecule has 0 fully saturated rings. The number of rotatable bonds is 11. The van der Waals surface area contributed by atoms with E-state index in [1.165, 1.54) is 11.1 Å². The van der Waals surface area contributed by atoms with E-state index >= 15 is 0 Å². The van der Waals surface area contributed by atoms with Gasteiger partial charge in [-0.2, -0.15) is 0 Å². The van der Waals surface area contributed by atoms with E-state index in [2.05, 4.69) is 46.7 Å². The van der Waals surface area contributed by atoms with E-state index in [9.17, 15) is 4.79 Å². The zero-order valence-electron chi connectivity index (χ0n) is 20.7. The van der Waals surface area contributed by atoms with Crippen molar-refractivity contribution in [3.63, 3.8) is 0 Å². The second-order valence-corrected chi connectivity index (χ2v) is 9.28. The maximum Gasteiger partial charge on any atom is 0.220 e. The third kappa shape index (κ3) is 6.66. The number of amides is 1. The van der Waals surface area contributed by atoms with Gasteiger partial charge in [0.05, 0.1) is 19.9 Å². The van der Waals surface area contributed by atoms with Crippen molar-refractivity contribution in [1.29, 1.82) is 0 Å². The Kier molecular flexibility index (Phi) is 8.62. The first-order valence-electron chi connectivity index (χ1n) is 11.7. The number of benzene rings is 3. The molecule has 0 radical (unpaired) electrons. The molecule has 0 spiro atoms. The molecule has 0 aliphatic rings. The summed E-state index contributed by atoms with van der Waals surface area (Å²) in [5.74, 6) is 3.00. The highest BCUT2D eigenvalue weighted by atomic mass is 32.2. The average Bonchev–Trinajstić information content (AvgIpc) is 3.32. The topological polar surface area (TPSA) is 78.3 Å². The first-order valence-corrected chi connectivity index (χ1v) is 12.7. The van der Waals surface area contributed by atoms with Crippen LogP contribution in [0.5, 0.6) is 11.5 Å². The molecule has 0 aliphatic heterocycles. The van der Waals surface area contributed by atoms with Gasteiger partial charge in [0.15, 0.2) is 5.16 Å². The second kappa shape index (κ2) is 12.3. The lowest BCUT2D eigenvalue weighted by atomic mass is 10.2. The molecule has 0 bridgehead atoms. The fraction of sp³-hybridized carbons (Fsp3) is 0.250. The SMILES string of the molecule is COc1ccc(CNC(=O)CCc2nnc(SCc3cccc(C)c3)n2-c2cccc(OC)c2)cc1. The number of nitrogens with zero attached hydrogens (tertiary/aromatic N) is 3. The van der Waals surface area contributed by atoms with E-state index in [-0.39, 0.29) is 5.91 Å². The number of aromatic nitrogens is 3. The number of carbonyl (C=O) groups excluding carboxylic acids is 1. The minimum atomic E-state index is -0.0417. The minimum Gasteiger partial charge on any atom is -0.497 e. The van der Waals surface area contributed by atoms with Crippen LogP contribution in [0.15, 0.2) is 78.0 Å². The van der Waals surface area contributed by atoms with E-state index in [0.717, 1.165) is 39.5 Å². The van der Waals surface area contributed by atoms with Crippen LogP contribution in [0.4, 0.5) is 0 Å². The molecular weight excluding hydrogens is 472 g/mol. The van der Waals surface area contributed by atoms with E-state index in [1.807, 2.05) is 53.1 Å². The highest BCUT2D eigenvalue weighted by Crippen LogP contribution is 2.27. The first kappa shape index (κ1) is 25.3. The van der Waals surface area contributed by atoms with Crippen LogP contribution in [-0.4, -0.2) is 34.9 Å². The summed E-state index contributed by atoms with van der Waals surface area (Å²) in [4.78, 5) is 12.6. The number of aryl methyl sites for hydroxylation is 2. The van der Waals surface area contributed by atoms with Crippen molar-refractivity contribution in [2.75, 3.05) is 14.2 Å². The van der Waals surface area contributed by atoms with Crippen LogP contribution < -0.4 is 14.8 Å². The monoisotopic (exact) mass is 502 g/mol. The molecule has 1 heterocycles. The number of thioether (sulfide) groups is 1. The third-order valence-electron chi connectivity index (χ3n) is 5.69. The Morgan fingerprint density at radius 3 is 2.44 bits per heavy atom. The fourth-order valence-electron chi connectivity index (χ4n) is 3.77. The van der Waals surface area contributed by atoms with Gasteiger partial charge in [-0.1, -0.05) is 59.8 Å². The molecule has 4 aromatic rings. The van der Waals surface area contributed by atoms with Crippen molar-refractivity contribution in [3.8, 4) is 17.2 Å². The summed E-state index contributed by atoms with van der Waals surface area (Å²) in [6.07, 6.45) is 0.768. The maximum absolute atomic E-state index is 12.6. The molecule has 1 amide bonds. The minimum absolute atomic E-state index is 0.0417. The van der Waals surface area contributed by atoms with E-state index in [1.54, 1.807) is 26.0 Å². The number of hydrogen-bond donors (Lipinski definition) is 1. The molecule has 1 N–H and O–H groups in total. The van der Waals surface area contributed by atoms with Crippen LogP contribution in [0, 0.1) is 6.92 Å². The summed E-state index contributed by atoms with van der Waals surface area (Å²) in [5, 5.41) is 12.7. The van der Waals surface area contributed by atoms with Gasteiger partial charge in [-0.25, -0.2) is 0 Å². The molecule has 8 heteroatoms. The van der Waals surface area contributed by atoms with Crippen LogP contribution in [0.25, 0.3) is 5.69 Å². The summed E-state index contributed by atoms with van der Waals surface area (Å²) in [5.41, 5.74) is 4.36. The number of hydrogen-bond acceptors (Lipinski definition) is 6. The van der Waals surface area contributed by atoms with Crippen molar-refractivity contribution in [1.82, 2.24) is 20.1 Å². The van der Waals surface area contributed by atoms with Gasteiger partial charge in [-0.05, 0) is 42.3 Å². The molecule has 0 aliphatic carbocycles. The molecular formula is C28H30N4O3S. The molecule has 36 heavy (non-hydrogen) atoms. The molecule has 7 nitrogen and oxygen atoms in total. The predicted molar refractivity (Wildman–Crippen MR) is 142 cm³/mol. The van der Waals surface area contributed by atoms with E-state index < -0.39 is 0 Å². The molecule has 1 aromatic heterocycles. The summed E-state index contributed by atoms with van der Waals surface area (Å²) in [6, 6.07) is 23.9. The number of nitrogens with one attached hydrogen (secondary N) is 1. The highest BCUT2D eigenvalue weighted by Gasteiger charge is 2.16. The molecule has 4 rings (SSSR count). The van der Waals surface area contributed by atoms with E-state index in [0.29, 0.717) is 19.4 Å². The Morgan fingerprint density at radius 2 is 1.69 bits per heavy atom. The highest BCUT2D eigenvalue weighted by molar-refractivity contribution is 7.98. The van der Waals surface area contributed by atoms with Gasteiger partial charge >= 0.3 is 0 Å². The van der Waals surface area contributed by atoms with E-state index in [4.69, 9.17) is 9.47 Å².